The van der Waals surface area contributed by atoms with Gasteiger partial charge in [-0.15, -0.1) is 11.8 Å². The molecule has 0 atom stereocenters. The smallest absolute Gasteiger partial charge is 0.197 e. The van der Waals surface area contributed by atoms with Crippen LogP contribution in [0.15, 0.2) is 0 Å². The fourth-order valence-corrected chi connectivity index (χ4v) is 0.653. The van der Waals surface area contributed by atoms with Crippen LogP contribution >= 0.6 is 0 Å². The molecule has 0 saturated heterocycles. The summed E-state index contributed by atoms with van der Waals surface area (Å²) in [6.07, 6.45) is 0.141. The fourth-order valence-electron chi connectivity index (χ4n) is 0.301. The Bertz CT molecular complexity index is 216. The Balaban J connectivity index is 3.62. The molecule has 0 spiro atoms. The maximum atomic E-state index is 9.88. The molecule has 0 rings (SSSR count). The summed E-state index contributed by atoms with van der Waals surface area (Å²) in [5.41, 5.74) is 0. The molecule has 0 fully saturated rings. The van der Waals surface area contributed by atoms with Gasteiger partial charge >= 0.3 is 0 Å². The molecule has 1 radical (unpaired) electrons. The molecule has 51 valence electrons. The zero-order valence-electron chi connectivity index (χ0n) is 5.05. The molecular formula is C5H7O3S. The lowest BCUT2D eigenvalue weighted by Gasteiger charge is -1.83. The van der Waals surface area contributed by atoms with E-state index in [1.807, 2.05) is 0 Å². The van der Waals surface area contributed by atoms with E-state index >= 15 is 0 Å². The van der Waals surface area contributed by atoms with Crippen LogP contribution in [0.3, 0.4) is 0 Å². The lowest BCUT2D eigenvalue weighted by Crippen LogP contribution is -2.00. The van der Waals surface area contributed by atoms with Gasteiger partial charge in [0.05, 0.1) is 5.75 Å². The van der Waals surface area contributed by atoms with Crippen molar-refractivity contribution in [2.45, 2.75) is 13.3 Å². The van der Waals surface area contributed by atoms with Crippen molar-refractivity contribution in [1.82, 2.24) is 0 Å². The average molecular weight is 147 g/mol. The molecule has 9 heavy (non-hydrogen) atoms. The van der Waals surface area contributed by atoms with Crippen molar-refractivity contribution in [2.24, 2.45) is 0 Å². The van der Waals surface area contributed by atoms with Crippen LogP contribution in [0.4, 0.5) is 0 Å². The first-order chi connectivity index (χ1) is 4.06. The molecule has 0 amide bonds. The topological polar surface area (TPSA) is 54.0 Å². The Labute approximate surface area is 54.8 Å². The summed E-state index contributed by atoms with van der Waals surface area (Å²) < 4.78 is 29.6. The summed E-state index contributed by atoms with van der Waals surface area (Å²) in [7, 11) is -4.05. The van der Waals surface area contributed by atoms with Crippen LogP contribution in [0.1, 0.15) is 13.3 Å². The van der Waals surface area contributed by atoms with Gasteiger partial charge in [-0.2, -0.15) is 8.42 Å². The maximum Gasteiger partial charge on any atom is 0.295 e. The first-order valence-corrected chi connectivity index (χ1v) is 3.97. The van der Waals surface area contributed by atoms with Crippen molar-refractivity contribution < 1.29 is 13.0 Å². The highest BCUT2D eigenvalue weighted by Crippen LogP contribution is 1.86. The molecule has 0 aromatic heterocycles. The second kappa shape index (κ2) is 3.49. The Morgan fingerprint density at radius 3 is 2.33 bits per heavy atom. The maximum absolute atomic E-state index is 9.88. The van der Waals surface area contributed by atoms with Crippen molar-refractivity contribution in [3.8, 4) is 11.8 Å². The van der Waals surface area contributed by atoms with Crippen LogP contribution in [0.25, 0.3) is 0 Å². The Hall–Kier alpha value is -0.530. The number of rotatable bonds is 2. The third-order valence-corrected chi connectivity index (χ3v) is 1.36. The van der Waals surface area contributed by atoms with Gasteiger partial charge in [0.25, 0.3) is 10.1 Å². The van der Waals surface area contributed by atoms with Gasteiger partial charge in [-0.25, -0.2) is 0 Å². The van der Waals surface area contributed by atoms with E-state index in [9.17, 15) is 13.0 Å². The van der Waals surface area contributed by atoms with Gasteiger partial charge in [0.2, 0.25) is 0 Å². The van der Waals surface area contributed by atoms with Crippen LogP contribution in [-0.4, -0.2) is 14.2 Å². The van der Waals surface area contributed by atoms with Gasteiger partial charge in [-0.3, -0.25) is 0 Å². The van der Waals surface area contributed by atoms with Gasteiger partial charge in [-0.05, 0) is 6.92 Å². The first-order valence-electron chi connectivity index (χ1n) is 2.39. The second-order valence-corrected chi connectivity index (χ2v) is 2.96. The fraction of sp³-hybridized carbons (Fsp3) is 0.600. The molecule has 4 heteroatoms. The SMILES string of the molecule is CC#CCCS([O])(=O)=O. The Morgan fingerprint density at radius 1 is 1.44 bits per heavy atom. The molecule has 0 aliphatic heterocycles. The second-order valence-electron chi connectivity index (χ2n) is 1.44. The lowest BCUT2D eigenvalue weighted by atomic mass is 10.5. The van der Waals surface area contributed by atoms with E-state index in [-0.39, 0.29) is 12.2 Å². The van der Waals surface area contributed by atoms with E-state index in [0.717, 1.165) is 0 Å². The predicted octanol–water partition coefficient (Wildman–Crippen LogP) is 0.160. The minimum absolute atomic E-state index is 0.141. The third kappa shape index (κ3) is 7.47. The molecule has 0 aliphatic rings. The summed E-state index contributed by atoms with van der Waals surface area (Å²) in [4.78, 5) is 0. The molecule has 0 unspecified atom stereocenters. The summed E-state index contributed by atoms with van der Waals surface area (Å²) in [6.45, 7) is 1.59. The van der Waals surface area contributed by atoms with Crippen molar-refractivity contribution in [2.75, 3.05) is 5.75 Å². The van der Waals surface area contributed by atoms with Crippen molar-refractivity contribution >= 4 is 10.1 Å². The Morgan fingerprint density at radius 2 is 2.00 bits per heavy atom. The van der Waals surface area contributed by atoms with E-state index in [4.69, 9.17) is 0 Å². The molecule has 3 nitrogen and oxygen atoms in total. The van der Waals surface area contributed by atoms with Gasteiger partial charge < -0.3 is 0 Å². The highest BCUT2D eigenvalue weighted by molar-refractivity contribution is 7.85. The zero-order valence-corrected chi connectivity index (χ0v) is 5.86. The van der Waals surface area contributed by atoms with Crippen molar-refractivity contribution in [3.63, 3.8) is 0 Å². The Kier molecular flexibility index (Phi) is 3.28. The first kappa shape index (κ1) is 8.47. The summed E-state index contributed by atoms with van der Waals surface area (Å²) in [6, 6.07) is 0. The van der Waals surface area contributed by atoms with E-state index < -0.39 is 10.1 Å². The summed E-state index contributed by atoms with van der Waals surface area (Å²) in [5, 5.41) is 0. The molecule has 0 saturated carbocycles. The average Bonchev–Trinajstić information content (AvgIpc) is 1.63. The molecular weight excluding hydrogens is 140 g/mol. The van der Waals surface area contributed by atoms with Crippen molar-refractivity contribution in [3.05, 3.63) is 0 Å². The normalized spacial score (nSPS) is 10.0. The van der Waals surface area contributed by atoms with Gasteiger partial charge in [0.15, 0.2) is 0 Å². The minimum Gasteiger partial charge on any atom is -0.197 e. The van der Waals surface area contributed by atoms with E-state index in [1.54, 1.807) is 6.92 Å². The van der Waals surface area contributed by atoms with Gasteiger partial charge in [0, 0.05) is 6.42 Å². The molecule has 0 heterocycles. The number of hydrogen-bond acceptors (Lipinski definition) is 2. The van der Waals surface area contributed by atoms with Crippen LogP contribution in [0.5, 0.6) is 0 Å². The van der Waals surface area contributed by atoms with E-state index in [0.29, 0.717) is 0 Å². The predicted molar refractivity (Wildman–Crippen MR) is 32.5 cm³/mol. The quantitative estimate of drug-likeness (QED) is 0.522. The molecule has 0 aliphatic carbocycles. The summed E-state index contributed by atoms with van der Waals surface area (Å²) >= 11 is 0. The molecule has 0 bridgehead atoms. The highest BCUT2D eigenvalue weighted by atomic mass is 32.2. The molecule has 0 aromatic rings. The zero-order chi connectivity index (χ0) is 7.33. The molecule has 0 aromatic carbocycles. The standard InChI is InChI=1S/C5H7O3S/c1-2-3-4-5-9(6,7)8/h4-5H2,1H3. The minimum atomic E-state index is -4.05. The van der Waals surface area contributed by atoms with E-state index in [1.165, 1.54) is 0 Å². The van der Waals surface area contributed by atoms with Crippen LogP contribution in [0, 0.1) is 11.8 Å². The lowest BCUT2D eigenvalue weighted by molar-refractivity contribution is 0.414. The highest BCUT2D eigenvalue weighted by Gasteiger charge is 2.02. The molecule has 0 N–H and O–H groups in total. The van der Waals surface area contributed by atoms with E-state index in [2.05, 4.69) is 11.8 Å². The summed E-state index contributed by atoms with van der Waals surface area (Å²) in [5.74, 6) is 4.58. The number of hydrogen-bond donors (Lipinski definition) is 0. The van der Waals surface area contributed by atoms with Gasteiger partial charge in [0.1, 0.15) is 0 Å². The monoisotopic (exact) mass is 147 g/mol. The van der Waals surface area contributed by atoms with Crippen LogP contribution in [-0.2, 0) is 14.7 Å². The third-order valence-electron chi connectivity index (χ3n) is 0.654. The van der Waals surface area contributed by atoms with Crippen molar-refractivity contribution in [1.29, 1.82) is 0 Å². The largest absolute Gasteiger partial charge is 0.295 e. The van der Waals surface area contributed by atoms with Crippen LogP contribution in [0.2, 0.25) is 0 Å². The van der Waals surface area contributed by atoms with Gasteiger partial charge in [-0.1, -0.05) is 4.55 Å². The van der Waals surface area contributed by atoms with Crippen LogP contribution < -0.4 is 0 Å².